The largest absolute Gasteiger partial charge is 2.00 e. The molecule has 0 bridgehead atoms. The third-order valence-electron chi connectivity index (χ3n) is 1.59. The van der Waals surface area contributed by atoms with Gasteiger partial charge in [0, 0.05) is 0 Å². The number of aliphatic hydroxyl groups excluding tert-OH is 6. The summed E-state index contributed by atoms with van der Waals surface area (Å²) in [5.74, 6) is -3.59. The van der Waals surface area contributed by atoms with Crippen LogP contribution in [0.5, 0.6) is 0 Å². The maximum absolute atomic E-state index is 9.67. The Labute approximate surface area is 143 Å². The van der Waals surface area contributed by atoms with Gasteiger partial charge in [-0.05, 0) is 0 Å². The minimum Gasteiger partial charge on any atom is -0.547 e. The van der Waals surface area contributed by atoms with Crippen LogP contribution in [0.1, 0.15) is 0 Å². The first-order chi connectivity index (χ1) is 8.18. The Hall–Kier alpha value is -0.0803. The second-order valence-corrected chi connectivity index (χ2v) is 3.03. The molecule has 0 heterocycles. The van der Waals surface area contributed by atoms with E-state index in [9.17, 15) is 19.8 Å². The molecule has 0 aromatic carbocycles. The minimum atomic E-state index is -2.00. The van der Waals surface area contributed by atoms with E-state index >= 15 is 0 Å². The van der Waals surface area contributed by atoms with E-state index in [2.05, 4.69) is 0 Å². The van der Waals surface area contributed by atoms with Crippen LogP contribution in [0.3, 0.4) is 0 Å². The van der Waals surface area contributed by atoms with E-state index in [0.717, 1.165) is 0 Å². The van der Waals surface area contributed by atoms with Crippen LogP contribution < -0.4 is 10.2 Å². The van der Waals surface area contributed by atoms with Crippen LogP contribution in [0.25, 0.3) is 0 Å². The molecule has 116 valence electrons. The number of rotatable bonds is 6. The van der Waals surface area contributed by atoms with Crippen molar-refractivity contribution in [3.63, 3.8) is 0 Å². The number of carboxylic acid groups (broad SMARTS) is 2. The van der Waals surface area contributed by atoms with Crippen LogP contribution in [0.15, 0.2) is 0 Å². The van der Waals surface area contributed by atoms with Crippen molar-refractivity contribution in [2.24, 2.45) is 0 Å². The Kier molecular flexibility index (Phi) is 21.5. The van der Waals surface area contributed by atoms with E-state index in [1.807, 2.05) is 0 Å². The van der Waals surface area contributed by atoms with Crippen molar-refractivity contribution in [3.8, 4) is 0 Å². The molecule has 0 aliphatic heterocycles. The standard InChI is InChI=1S/2C4H8O5.Ca.H2O/c2*5-1-2(6)3(7)4(8)9;;/h2*2-3,5-7H,1H2,(H,8,9);;1H2/q;;+2;/p-2/t2*2-,3+;;/m11../s1. The third kappa shape index (κ3) is 12.9. The fourth-order valence-electron chi connectivity index (χ4n) is 0.514. The Morgan fingerprint density at radius 3 is 1.05 bits per heavy atom. The predicted molar refractivity (Wildman–Crippen MR) is 57.6 cm³/mol. The van der Waals surface area contributed by atoms with Gasteiger partial charge in [-0.1, -0.05) is 0 Å². The van der Waals surface area contributed by atoms with Gasteiger partial charge in [-0.15, -0.1) is 0 Å². The summed E-state index contributed by atoms with van der Waals surface area (Å²) in [6.07, 6.45) is -7.32. The molecule has 0 saturated heterocycles. The third-order valence-corrected chi connectivity index (χ3v) is 1.59. The topological polar surface area (TPSA) is 233 Å². The second kappa shape index (κ2) is 15.3. The number of hydrogen-bond acceptors (Lipinski definition) is 10. The van der Waals surface area contributed by atoms with E-state index < -0.39 is 49.6 Å². The Balaban J connectivity index is -0.000000116. The van der Waals surface area contributed by atoms with Gasteiger partial charge in [-0.25, -0.2) is 0 Å². The first-order valence-corrected chi connectivity index (χ1v) is 4.54. The molecule has 0 saturated carbocycles. The molecule has 0 aromatic rings. The van der Waals surface area contributed by atoms with Crippen molar-refractivity contribution in [1.29, 1.82) is 0 Å². The van der Waals surface area contributed by atoms with Gasteiger partial charge < -0.3 is 55.9 Å². The van der Waals surface area contributed by atoms with Crippen molar-refractivity contribution in [2.45, 2.75) is 24.4 Å². The van der Waals surface area contributed by atoms with Crippen LogP contribution >= 0.6 is 0 Å². The van der Waals surface area contributed by atoms with E-state index in [4.69, 9.17) is 30.6 Å². The SMILES string of the molecule is O.O=C([O-])[C@@H](O)[C@H](O)CO.O=C([O-])[C@@H](O)[C@H](O)CO.[Ca+2]. The molecule has 20 heavy (non-hydrogen) atoms. The molecule has 11 nitrogen and oxygen atoms in total. The van der Waals surface area contributed by atoms with Crippen molar-refractivity contribution in [3.05, 3.63) is 0 Å². The molecular formula is C8H16CaO11. The summed E-state index contributed by atoms with van der Waals surface area (Å²) in [7, 11) is 0. The van der Waals surface area contributed by atoms with E-state index in [-0.39, 0.29) is 43.2 Å². The van der Waals surface area contributed by atoms with Crippen LogP contribution in [-0.2, 0) is 9.59 Å². The fraction of sp³-hybridized carbons (Fsp3) is 0.750. The summed E-state index contributed by atoms with van der Waals surface area (Å²) in [5.41, 5.74) is 0. The normalized spacial score (nSPS) is 15.1. The summed E-state index contributed by atoms with van der Waals surface area (Å²) in [6.45, 7) is -1.59. The number of hydrogen-bond donors (Lipinski definition) is 6. The van der Waals surface area contributed by atoms with Crippen LogP contribution in [-0.4, -0.2) is 123 Å². The van der Waals surface area contributed by atoms with Crippen molar-refractivity contribution < 1.29 is 55.9 Å². The molecule has 8 N–H and O–H groups in total. The number of aliphatic carboxylic acids is 2. The van der Waals surface area contributed by atoms with Gasteiger partial charge in [0.25, 0.3) is 0 Å². The first-order valence-electron chi connectivity index (χ1n) is 4.54. The van der Waals surface area contributed by atoms with Gasteiger partial charge in [0.05, 0.1) is 25.2 Å². The monoisotopic (exact) mass is 328 g/mol. The number of carboxylic acids is 2. The summed E-state index contributed by atoms with van der Waals surface area (Å²) >= 11 is 0. The summed E-state index contributed by atoms with van der Waals surface area (Å²) < 4.78 is 0. The molecule has 0 aromatic heterocycles. The molecule has 0 unspecified atom stereocenters. The first kappa shape index (κ1) is 28.1. The summed E-state index contributed by atoms with van der Waals surface area (Å²) in [4.78, 5) is 19.3. The fourth-order valence-corrected chi connectivity index (χ4v) is 0.514. The molecule has 0 radical (unpaired) electrons. The Morgan fingerprint density at radius 1 is 0.800 bits per heavy atom. The average molecular weight is 328 g/mol. The maximum atomic E-state index is 9.67. The van der Waals surface area contributed by atoms with Crippen molar-refractivity contribution >= 4 is 49.7 Å². The van der Waals surface area contributed by atoms with Gasteiger partial charge in [0.2, 0.25) is 0 Å². The van der Waals surface area contributed by atoms with E-state index in [1.165, 1.54) is 0 Å². The molecule has 0 aliphatic rings. The molecule has 4 atom stereocenters. The zero-order valence-electron chi connectivity index (χ0n) is 10.2. The molecule has 12 heteroatoms. The zero-order chi connectivity index (χ0) is 14.9. The molecular weight excluding hydrogens is 312 g/mol. The van der Waals surface area contributed by atoms with Crippen LogP contribution in [0.2, 0.25) is 0 Å². The van der Waals surface area contributed by atoms with Gasteiger partial charge in [-0.2, -0.15) is 0 Å². The minimum absolute atomic E-state index is 0. The van der Waals surface area contributed by atoms with E-state index in [1.54, 1.807) is 0 Å². The average Bonchev–Trinajstić information content (AvgIpc) is 2.35. The van der Waals surface area contributed by atoms with Crippen molar-refractivity contribution in [1.82, 2.24) is 0 Å². The van der Waals surface area contributed by atoms with Gasteiger partial charge >= 0.3 is 37.7 Å². The molecule has 0 rings (SSSR count). The quantitative estimate of drug-likeness (QED) is 0.252. The van der Waals surface area contributed by atoms with Crippen molar-refractivity contribution in [2.75, 3.05) is 13.2 Å². The van der Waals surface area contributed by atoms with Gasteiger partial charge in [0.15, 0.2) is 0 Å². The van der Waals surface area contributed by atoms with Gasteiger partial charge in [-0.3, -0.25) is 0 Å². The second-order valence-electron chi connectivity index (χ2n) is 3.03. The zero-order valence-corrected chi connectivity index (χ0v) is 12.5. The van der Waals surface area contributed by atoms with Crippen LogP contribution in [0, 0.1) is 0 Å². The molecule has 0 aliphatic carbocycles. The maximum Gasteiger partial charge on any atom is 2.00 e. The number of aliphatic hydroxyl groups is 6. The van der Waals surface area contributed by atoms with E-state index in [0.29, 0.717) is 0 Å². The summed E-state index contributed by atoms with van der Waals surface area (Å²) in [6, 6.07) is 0. The van der Waals surface area contributed by atoms with Crippen LogP contribution in [0.4, 0.5) is 0 Å². The molecule has 0 fully saturated rings. The Bertz CT molecular complexity index is 235. The summed E-state index contributed by atoms with van der Waals surface area (Å²) in [5, 5.41) is 68.8. The number of carbonyl (C=O) groups excluding carboxylic acids is 2. The smallest absolute Gasteiger partial charge is 0.547 e. The molecule has 0 spiro atoms. The van der Waals surface area contributed by atoms with Gasteiger partial charge in [0.1, 0.15) is 24.4 Å². The number of carbonyl (C=O) groups is 2. The predicted octanol–water partition coefficient (Wildman–Crippen LogP) is -8.30. The molecule has 0 amide bonds. The Morgan fingerprint density at radius 2 is 1.00 bits per heavy atom.